The van der Waals surface area contributed by atoms with Crippen molar-refractivity contribution >= 4 is 5.97 Å². The number of hydrogen-bond acceptors (Lipinski definition) is 2. The molecule has 0 rings (SSSR count). The Morgan fingerprint density at radius 2 is 1.17 bits per heavy atom. The Morgan fingerprint density at radius 1 is 0.750 bits per heavy atom. The molecule has 0 amide bonds. The second-order valence-electron chi connectivity index (χ2n) is 8.54. The fraction of sp³-hybridized carbons (Fsp3) is 0.952. The van der Waals surface area contributed by atoms with E-state index in [1.807, 2.05) is 6.92 Å². The topological polar surface area (TPSA) is 57.5 Å². The van der Waals surface area contributed by atoms with Crippen molar-refractivity contribution in [3.8, 4) is 0 Å². The summed E-state index contributed by atoms with van der Waals surface area (Å²) in [6.45, 7) is 11.3. The van der Waals surface area contributed by atoms with Gasteiger partial charge in [-0.3, -0.25) is 4.79 Å². The third kappa shape index (κ3) is 13.8. The van der Waals surface area contributed by atoms with E-state index in [2.05, 4.69) is 27.7 Å². The van der Waals surface area contributed by atoms with Crippen molar-refractivity contribution in [1.29, 1.82) is 0 Å². The fourth-order valence-corrected chi connectivity index (χ4v) is 3.34. The molecule has 0 aliphatic heterocycles. The highest BCUT2D eigenvalue weighted by Crippen LogP contribution is 2.23. The largest absolute Gasteiger partial charge is 0.481 e. The highest BCUT2D eigenvalue weighted by Gasteiger charge is 2.17. The van der Waals surface area contributed by atoms with Crippen LogP contribution in [0.1, 0.15) is 98.8 Å². The lowest BCUT2D eigenvalue weighted by atomic mass is 9.90. The third-order valence-electron chi connectivity index (χ3n) is 5.27. The molecule has 0 aliphatic carbocycles. The molecule has 0 aromatic carbocycles. The zero-order chi connectivity index (χ0) is 18.5. The molecule has 3 heteroatoms. The van der Waals surface area contributed by atoms with Crippen molar-refractivity contribution in [3.05, 3.63) is 0 Å². The Morgan fingerprint density at radius 3 is 1.58 bits per heavy atom. The summed E-state index contributed by atoms with van der Waals surface area (Å²) < 4.78 is 0. The predicted octanol–water partition coefficient (Wildman–Crippen LogP) is 5.90. The number of aliphatic carboxylic acids is 1. The number of hydrogen-bond donors (Lipinski definition) is 2. The van der Waals surface area contributed by atoms with Crippen LogP contribution in [0.2, 0.25) is 0 Å². The molecule has 0 bridgehead atoms. The van der Waals surface area contributed by atoms with E-state index in [9.17, 15) is 9.90 Å². The van der Waals surface area contributed by atoms with E-state index in [1.165, 1.54) is 44.9 Å². The number of carboxylic acid groups (broad SMARTS) is 1. The molecular weight excluding hydrogens is 300 g/mol. The highest BCUT2D eigenvalue weighted by molar-refractivity contribution is 5.67. The molecule has 0 radical (unpaired) electrons. The van der Waals surface area contributed by atoms with Gasteiger partial charge in [-0.25, -0.2) is 0 Å². The summed E-state index contributed by atoms with van der Waals surface area (Å²) >= 11 is 0. The van der Waals surface area contributed by atoms with Gasteiger partial charge in [-0.1, -0.05) is 86.0 Å². The fourth-order valence-electron chi connectivity index (χ4n) is 3.34. The second kappa shape index (κ2) is 13.7. The van der Waals surface area contributed by atoms with Gasteiger partial charge in [0.15, 0.2) is 0 Å². The van der Waals surface area contributed by atoms with Gasteiger partial charge in [0, 0.05) is 0 Å². The number of rotatable bonds is 15. The molecule has 0 spiro atoms. The van der Waals surface area contributed by atoms with Crippen LogP contribution >= 0.6 is 0 Å². The highest BCUT2D eigenvalue weighted by atomic mass is 16.4. The van der Waals surface area contributed by atoms with E-state index in [4.69, 9.17) is 5.11 Å². The average molecular weight is 343 g/mol. The van der Waals surface area contributed by atoms with Crippen molar-refractivity contribution < 1.29 is 15.0 Å². The van der Waals surface area contributed by atoms with Crippen molar-refractivity contribution in [1.82, 2.24) is 0 Å². The molecule has 0 aliphatic rings. The van der Waals surface area contributed by atoms with Crippen LogP contribution in [0.25, 0.3) is 0 Å². The second-order valence-corrected chi connectivity index (χ2v) is 8.54. The molecule has 144 valence electrons. The smallest absolute Gasteiger partial charge is 0.305 e. The van der Waals surface area contributed by atoms with Crippen LogP contribution in [-0.4, -0.2) is 22.3 Å². The van der Waals surface area contributed by atoms with Crippen LogP contribution < -0.4 is 0 Å². The van der Waals surface area contributed by atoms with E-state index < -0.39 is 12.1 Å². The quantitative estimate of drug-likeness (QED) is 0.390. The first-order valence-corrected chi connectivity index (χ1v) is 10.1. The van der Waals surface area contributed by atoms with Gasteiger partial charge in [0.2, 0.25) is 0 Å². The summed E-state index contributed by atoms with van der Waals surface area (Å²) in [6.07, 6.45) is 10.4. The summed E-state index contributed by atoms with van der Waals surface area (Å²) in [5.41, 5.74) is 0. The van der Waals surface area contributed by atoms with E-state index in [0.717, 1.165) is 30.6 Å². The Balaban J connectivity index is 3.65. The zero-order valence-corrected chi connectivity index (χ0v) is 16.8. The Bertz CT molecular complexity index is 314. The van der Waals surface area contributed by atoms with Gasteiger partial charge in [-0.15, -0.1) is 0 Å². The molecule has 0 heterocycles. The van der Waals surface area contributed by atoms with Gasteiger partial charge in [0.1, 0.15) is 0 Å². The first kappa shape index (κ1) is 23.4. The maximum absolute atomic E-state index is 10.6. The summed E-state index contributed by atoms with van der Waals surface area (Å²) in [4.78, 5) is 10.6. The van der Waals surface area contributed by atoms with E-state index in [1.54, 1.807) is 0 Å². The van der Waals surface area contributed by atoms with Crippen LogP contribution in [0.3, 0.4) is 0 Å². The lowest BCUT2D eigenvalue weighted by Gasteiger charge is -2.18. The summed E-state index contributed by atoms with van der Waals surface area (Å²) in [5.74, 6) is 1.58. The number of carbonyl (C=O) groups is 1. The van der Waals surface area contributed by atoms with Crippen LogP contribution in [0.15, 0.2) is 0 Å². The molecule has 0 unspecified atom stereocenters. The average Bonchev–Trinajstić information content (AvgIpc) is 2.45. The molecule has 0 fully saturated rings. The van der Waals surface area contributed by atoms with Crippen molar-refractivity contribution in [2.24, 2.45) is 23.7 Å². The normalized spacial score (nSPS) is 16.8. The van der Waals surface area contributed by atoms with E-state index >= 15 is 0 Å². The van der Waals surface area contributed by atoms with Crippen LogP contribution in [0, 0.1) is 23.7 Å². The third-order valence-corrected chi connectivity index (χ3v) is 5.27. The van der Waals surface area contributed by atoms with Crippen LogP contribution in [0.5, 0.6) is 0 Å². The van der Waals surface area contributed by atoms with Gasteiger partial charge in [0.05, 0.1) is 12.5 Å². The minimum absolute atomic E-state index is 0.0780. The van der Waals surface area contributed by atoms with E-state index in [-0.39, 0.29) is 12.3 Å². The predicted molar refractivity (Wildman–Crippen MR) is 102 cm³/mol. The van der Waals surface area contributed by atoms with Gasteiger partial charge < -0.3 is 10.2 Å². The van der Waals surface area contributed by atoms with Gasteiger partial charge >= 0.3 is 5.97 Å². The maximum atomic E-state index is 10.6. The Kier molecular flexibility index (Phi) is 13.4. The zero-order valence-electron chi connectivity index (χ0n) is 16.8. The minimum atomic E-state index is -0.912. The molecule has 4 atom stereocenters. The maximum Gasteiger partial charge on any atom is 0.305 e. The van der Waals surface area contributed by atoms with E-state index in [0.29, 0.717) is 0 Å². The number of carboxylic acids is 1. The summed E-state index contributed by atoms with van der Waals surface area (Å²) in [5, 5.41) is 18.5. The molecule has 0 saturated carbocycles. The van der Waals surface area contributed by atoms with Gasteiger partial charge in [0.25, 0.3) is 0 Å². The standard InChI is InChI=1S/C21H42O3/c1-16(2)9-6-10-17(3)11-7-12-18(4)13-8-14-19(5)20(22)15-21(23)24/h16-20,22H,6-15H2,1-5H3,(H,23,24)/t17-,18-,19-,20-/m0/s1. The van der Waals surface area contributed by atoms with Gasteiger partial charge in [-0.2, -0.15) is 0 Å². The summed E-state index contributed by atoms with van der Waals surface area (Å²) in [6, 6.07) is 0. The SMILES string of the molecule is CC(C)CCC[C@H](C)CCC[C@H](C)CCC[C@H](C)[C@@H](O)CC(=O)O. The molecule has 24 heavy (non-hydrogen) atoms. The monoisotopic (exact) mass is 342 g/mol. The molecule has 3 nitrogen and oxygen atoms in total. The van der Waals surface area contributed by atoms with Crippen LogP contribution in [0.4, 0.5) is 0 Å². The lowest BCUT2D eigenvalue weighted by Crippen LogP contribution is -2.21. The van der Waals surface area contributed by atoms with Crippen molar-refractivity contribution in [3.63, 3.8) is 0 Å². The summed E-state index contributed by atoms with van der Waals surface area (Å²) in [7, 11) is 0. The molecule has 0 saturated heterocycles. The van der Waals surface area contributed by atoms with Gasteiger partial charge in [-0.05, 0) is 30.1 Å². The first-order chi connectivity index (χ1) is 11.2. The number of aliphatic hydroxyl groups is 1. The van der Waals surface area contributed by atoms with Crippen molar-refractivity contribution in [2.45, 2.75) is 105 Å². The molecule has 0 aromatic heterocycles. The Labute approximate surface area is 150 Å². The van der Waals surface area contributed by atoms with Crippen LogP contribution in [-0.2, 0) is 4.79 Å². The minimum Gasteiger partial charge on any atom is -0.481 e. The molecule has 0 aromatic rings. The first-order valence-electron chi connectivity index (χ1n) is 10.1. The Hall–Kier alpha value is -0.570. The van der Waals surface area contributed by atoms with Crippen molar-refractivity contribution in [2.75, 3.05) is 0 Å². The molecular formula is C21H42O3. The molecule has 2 N–H and O–H groups in total. The lowest BCUT2D eigenvalue weighted by molar-refractivity contribution is -0.139. The number of aliphatic hydroxyl groups excluding tert-OH is 1.